The average Bonchev–Trinajstić information content (AvgIpc) is 2.89. The van der Waals surface area contributed by atoms with Crippen molar-refractivity contribution < 1.29 is 14.3 Å². The van der Waals surface area contributed by atoms with Gasteiger partial charge in [0.05, 0.1) is 13.4 Å². The van der Waals surface area contributed by atoms with Crippen LogP contribution >= 0.6 is 0 Å². The molecule has 0 aliphatic carbocycles. The number of hydrogen-bond donors (Lipinski definition) is 2. The lowest BCUT2D eigenvalue weighted by Gasteiger charge is -2.37. The fraction of sp³-hybridized carbons (Fsp3) is 0.583. The lowest BCUT2D eigenvalue weighted by atomic mass is 10.4. The van der Waals surface area contributed by atoms with Crippen LogP contribution in [-0.2, 0) is 14.3 Å². The first kappa shape index (κ1) is 15.4. The SMILES string of the molecule is CCOC(C)(OCC)N(OC)c1nc(N)c2[nH]cnc2n1. The van der Waals surface area contributed by atoms with Crippen molar-refractivity contribution in [3.63, 3.8) is 0 Å². The summed E-state index contributed by atoms with van der Waals surface area (Å²) < 4.78 is 11.3. The Morgan fingerprint density at radius 2 is 1.95 bits per heavy atom. The number of aromatic amines is 1. The largest absolute Gasteiger partial charge is 0.382 e. The molecule has 0 atom stereocenters. The third-order valence-corrected chi connectivity index (χ3v) is 2.86. The minimum atomic E-state index is -1.17. The highest BCUT2D eigenvalue weighted by molar-refractivity contribution is 5.82. The number of nitrogens with zero attached hydrogens (tertiary/aromatic N) is 4. The molecule has 2 aromatic rings. The molecule has 0 bridgehead atoms. The molecule has 0 saturated carbocycles. The van der Waals surface area contributed by atoms with E-state index < -0.39 is 5.91 Å². The van der Waals surface area contributed by atoms with Crippen LogP contribution in [0, 0.1) is 0 Å². The van der Waals surface area contributed by atoms with Gasteiger partial charge in [0.25, 0.3) is 11.9 Å². The van der Waals surface area contributed by atoms with Crippen molar-refractivity contribution >= 4 is 22.9 Å². The molecule has 2 rings (SSSR count). The average molecular weight is 296 g/mol. The normalized spacial score (nSPS) is 12.0. The zero-order valence-electron chi connectivity index (χ0n) is 12.6. The fourth-order valence-electron chi connectivity index (χ4n) is 2.06. The Balaban J connectivity index is 2.46. The molecule has 0 spiro atoms. The molecule has 0 aromatic carbocycles. The first-order valence-corrected chi connectivity index (χ1v) is 6.64. The summed E-state index contributed by atoms with van der Waals surface area (Å²) in [5.74, 6) is -0.696. The van der Waals surface area contributed by atoms with Crippen LogP contribution in [0.4, 0.5) is 11.8 Å². The van der Waals surface area contributed by atoms with E-state index in [0.717, 1.165) is 0 Å². The predicted molar refractivity (Wildman–Crippen MR) is 77.2 cm³/mol. The van der Waals surface area contributed by atoms with Gasteiger partial charge in [0.2, 0.25) is 0 Å². The summed E-state index contributed by atoms with van der Waals surface area (Å²) >= 11 is 0. The highest BCUT2D eigenvalue weighted by Crippen LogP contribution is 2.26. The third kappa shape index (κ3) is 2.89. The van der Waals surface area contributed by atoms with Gasteiger partial charge in [-0.15, -0.1) is 0 Å². The number of anilines is 2. The van der Waals surface area contributed by atoms with E-state index in [1.54, 1.807) is 6.92 Å². The lowest BCUT2D eigenvalue weighted by Crippen LogP contribution is -2.51. The van der Waals surface area contributed by atoms with Crippen molar-refractivity contribution in [1.29, 1.82) is 0 Å². The molecule has 0 unspecified atom stereocenters. The van der Waals surface area contributed by atoms with Gasteiger partial charge in [-0.3, -0.25) is 4.84 Å². The summed E-state index contributed by atoms with van der Waals surface area (Å²) in [6, 6.07) is 0. The molecule has 116 valence electrons. The standard InChI is InChI=1S/C12H20N6O3/c1-5-20-12(3,21-6-2)18(19-4)11-16-9(13)8-10(17-11)15-7-14-8/h7H,5-6H2,1-4H3,(H3,13,14,15,16,17). The first-order chi connectivity index (χ1) is 10.1. The Bertz CT molecular complexity index is 596. The second-order valence-corrected chi connectivity index (χ2v) is 4.25. The number of rotatable bonds is 7. The zero-order chi connectivity index (χ0) is 15.5. The monoisotopic (exact) mass is 296 g/mol. The van der Waals surface area contributed by atoms with Crippen molar-refractivity contribution in [3.8, 4) is 0 Å². The number of hydroxylamine groups is 1. The van der Waals surface area contributed by atoms with Gasteiger partial charge in [-0.2, -0.15) is 15.0 Å². The minimum absolute atomic E-state index is 0.207. The summed E-state index contributed by atoms with van der Waals surface area (Å²) in [4.78, 5) is 20.8. The number of nitrogens with two attached hydrogens (primary N) is 1. The Kier molecular flexibility index (Phi) is 4.56. The van der Waals surface area contributed by atoms with E-state index >= 15 is 0 Å². The van der Waals surface area contributed by atoms with Crippen LogP contribution in [0.3, 0.4) is 0 Å². The summed E-state index contributed by atoms with van der Waals surface area (Å²) in [5, 5.41) is 1.32. The molecule has 0 amide bonds. The van der Waals surface area contributed by atoms with Gasteiger partial charge in [0, 0.05) is 20.1 Å². The molecule has 2 heterocycles. The molecule has 0 saturated heterocycles. The Hall–Kier alpha value is -1.97. The van der Waals surface area contributed by atoms with Crippen LogP contribution in [0.1, 0.15) is 20.8 Å². The van der Waals surface area contributed by atoms with Gasteiger partial charge in [0.1, 0.15) is 5.52 Å². The first-order valence-electron chi connectivity index (χ1n) is 6.64. The van der Waals surface area contributed by atoms with E-state index in [2.05, 4.69) is 19.9 Å². The van der Waals surface area contributed by atoms with E-state index in [1.165, 1.54) is 18.5 Å². The van der Waals surface area contributed by atoms with Gasteiger partial charge >= 0.3 is 0 Å². The third-order valence-electron chi connectivity index (χ3n) is 2.86. The maximum absolute atomic E-state index is 5.90. The quantitative estimate of drug-likeness (QED) is 0.576. The molecular formula is C12H20N6O3. The summed E-state index contributed by atoms with van der Waals surface area (Å²) in [5.41, 5.74) is 6.91. The molecule has 21 heavy (non-hydrogen) atoms. The van der Waals surface area contributed by atoms with Crippen LogP contribution in [0.25, 0.3) is 11.2 Å². The Labute approximate surface area is 122 Å². The van der Waals surface area contributed by atoms with Crippen molar-refractivity contribution in [2.24, 2.45) is 0 Å². The van der Waals surface area contributed by atoms with Gasteiger partial charge in [-0.25, -0.2) is 4.98 Å². The van der Waals surface area contributed by atoms with E-state index in [-0.39, 0.29) is 11.8 Å². The smallest absolute Gasteiger partial charge is 0.274 e. The van der Waals surface area contributed by atoms with Gasteiger partial charge < -0.3 is 20.2 Å². The van der Waals surface area contributed by atoms with Gasteiger partial charge in [0.15, 0.2) is 11.5 Å². The van der Waals surface area contributed by atoms with Crippen molar-refractivity contribution in [3.05, 3.63) is 6.33 Å². The van der Waals surface area contributed by atoms with Crippen molar-refractivity contribution in [2.75, 3.05) is 31.1 Å². The maximum atomic E-state index is 5.90. The molecule has 0 aliphatic heterocycles. The van der Waals surface area contributed by atoms with E-state index in [0.29, 0.717) is 24.4 Å². The second-order valence-electron chi connectivity index (χ2n) is 4.25. The highest BCUT2D eigenvalue weighted by atomic mass is 16.8. The fourth-order valence-corrected chi connectivity index (χ4v) is 2.06. The number of H-pyrrole nitrogens is 1. The van der Waals surface area contributed by atoms with E-state index in [9.17, 15) is 0 Å². The number of nitrogen functional groups attached to an aromatic ring is 1. The number of nitrogens with one attached hydrogen (secondary N) is 1. The van der Waals surface area contributed by atoms with Crippen molar-refractivity contribution in [2.45, 2.75) is 26.7 Å². The predicted octanol–water partition coefficient (Wildman–Crippen LogP) is 1.05. The van der Waals surface area contributed by atoms with Crippen LogP contribution in [-0.4, -0.2) is 46.2 Å². The minimum Gasteiger partial charge on any atom is -0.382 e. The van der Waals surface area contributed by atoms with Gasteiger partial charge in [-0.1, -0.05) is 0 Å². The topological polar surface area (TPSA) is 111 Å². The second kappa shape index (κ2) is 6.20. The number of hydrogen-bond acceptors (Lipinski definition) is 8. The molecule has 9 nitrogen and oxygen atoms in total. The van der Waals surface area contributed by atoms with Crippen LogP contribution in [0.2, 0.25) is 0 Å². The number of aromatic nitrogens is 4. The number of ether oxygens (including phenoxy) is 2. The lowest BCUT2D eigenvalue weighted by molar-refractivity contribution is -0.255. The van der Waals surface area contributed by atoms with Gasteiger partial charge in [-0.05, 0) is 13.8 Å². The van der Waals surface area contributed by atoms with E-state index in [4.69, 9.17) is 20.0 Å². The molecule has 3 N–H and O–H groups in total. The van der Waals surface area contributed by atoms with Crippen molar-refractivity contribution in [1.82, 2.24) is 19.9 Å². The summed E-state index contributed by atoms with van der Waals surface area (Å²) in [6.07, 6.45) is 1.50. The Morgan fingerprint density at radius 1 is 1.29 bits per heavy atom. The molecule has 0 radical (unpaired) electrons. The number of fused-ring (bicyclic) bond motifs is 1. The molecule has 9 heteroatoms. The molecular weight excluding hydrogens is 276 g/mol. The highest BCUT2D eigenvalue weighted by Gasteiger charge is 2.37. The molecule has 2 aromatic heterocycles. The summed E-state index contributed by atoms with van der Waals surface area (Å²) in [6.45, 7) is 6.29. The zero-order valence-corrected chi connectivity index (χ0v) is 12.6. The Morgan fingerprint density at radius 3 is 2.52 bits per heavy atom. The van der Waals surface area contributed by atoms with E-state index in [1.807, 2.05) is 13.8 Å². The number of imidazole rings is 1. The van der Waals surface area contributed by atoms with Crippen LogP contribution < -0.4 is 10.8 Å². The maximum Gasteiger partial charge on any atom is 0.274 e. The van der Waals surface area contributed by atoms with Crippen LogP contribution in [0.5, 0.6) is 0 Å². The summed E-state index contributed by atoms with van der Waals surface area (Å²) in [7, 11) is 1.48. The molecule has 0 fully saturated rings. The van der Waals surface area contributed by atoms with Crippen LogP contribution in [0.15, 0.2) is 6.33 Å². The molecule has 0 aliphatic rings.